The van der Waals surface area contributed by atoms with Gasteiger partial charge < -0.3 is 19.9 Å². The largest absolute Gasteiger partial charge is 0.497 e. The topological polar surface area (TPSA) is 50.7 Å². The fourth-order valence-corrected chi connectivity index (χ4v) is 1.62. The molecule has 4 heteroatoms. The second-order valence-electron chi connectivity index (χ2n) is 5.00. The Morgan fingerprint density at radius 3 is 2.58 bits per heavy atom. The Hall–Kier alpha value is -1.26. The van der Waals surface area contributed by atoms with Gasteiger partial charge in [0.25, 0.3) is 0 Å². The fourth-order valence-electron chi connectivity index (χ4n) is 1.62. The van der Waals surface area contributed by atoms with E-state index < -0.39 is 0 Å². The van der Waals surface area contributed by atoms with Gasteiger partial charge in [0.15, 0.2) is 0 Å². The molecule has 19 heavy (non-hydrogen) atoms. The zero-order chi connectivity index (χ0) is 14.3. The van der Waals surface area contributed by atoms with Crippen LogP contribution < -0.4 is 14.8 Å². The Kier molecular flexibility index (Phi) is 6.67. The van der Waals surface area contributed by atoms with E-state index >= 15 is 0 Å². The maximum atomic E-state index is 9.25. The summed E-state index contributed by atoms with van der Waals surface area (Å²) in [5, 5.41) is 12.6. The number of nitrogens with one attached hydrogen (secondary N) is 1. The van der Waals surface area contributed by atoms with E-state index in [0.717, 1.165) is 23.6 Å². The molecule has 4 nitrogen and oxygen atoms in total. The van der Waals surface area contributed by atoms with Crippen LogP contribution in [0.4, 0.5) is 0 Å². The highest BCUT2D eigenvalue weighted by atomic mass is 16.5. The monoisotopic (exact) mass is 267 g/mol. The Bertz CT molecular complexity index is 378. The lowest BCUT2D eigenvalue weighted by molar-refractivity contribution is 0.155. The number of methoxy groups -OCH3 is 1. The molecule has 0 heterocycles. The van der Waals surface area contributed by atoms with Gasteiger partial charge in [-0.05, 0) is 25.1 Å². The molecule has 1 aromatic rings. The van der Waals surface area contributed by atoms with Crippen molar-refractivity contribution in [3.8, 4) is 11.5 Å². The third kappa shape index (κ3) is 5.94. The van der Waals surface area contributed by atoms with Crippen molar-refractivity contribution < 1.29 is 14.6 Å². The Morgan fingerprint density at radius 1 is 1.26 bits per heavy atom. The maximum Gasteiger partial charge on any atom is 0.124 e. The van der Waals surface area contributed by atoms with Crippen LogP contribution in [0.3, 0.4) is 0 Å². The van der Waals surface area contributed by atoms with Gasteiger partial charge in [-0.1, -0.05) is 13.8 Å². The summed E-state index contributed by atoms with van der Waals surface area (Å²) in [5.74, 6) is 1.66. The zero-order valence-electron chi connectivity index (χ0n) is 12.3. The molecule has 0 aliphatic rings. The predicted molar refractivity (Wildman–Crippen MR) is 76.8 cm³/mol. The van der Waals surface area contributed by atoms with Gasteiger partial charge in [-0.2, -0.15) is 0 Å². The lowest BCUT2D eigenvalue weighted by Crippen LogP contribution is -2.22. The van der Waals surface area contributed by atoms with Crippen LogP contribution in [0.1, 0.15) is 32.8 Å². The average molecular weight is 267 g/mol. The van der Waals surface area contributed by atoms with Crippen molar-refractivity contribution in [2.24, 2.45) is 0 Å². The second kappa shape index (κ2) is 8.02. The quantitative estimate of drug-likeness (QED) is 0.759. The number of benzene rings is 1. The molecule has 1 atom stereocenters. The van der Waals surface area contributed by atoms with Crippen LogP contribution in [-0.4, -0.2) is 31.0 Å². The third-order valence-corrected chi connectivity index (χ3v) is 2.76. The summed E-state index contributed by atoms with van der Waals surface area (Å²) in [5.41, 5.74) is 1.07. The first kappa shape index (κ1) is 15.8. The summed E-state index contributed by atoms with van der Waals surface area (Å²) in [6.07, 6.45) is 0.291. The highest BCUT2D eigenvalue weighted by Crippen LogP contribution is 2.24. The van der Waals surface area contributed by atoms with Gasteiger partial charge >= 0.3 is 0 Å². The number of aliphatic hydroxyl groups excluding tert-OH is 1. The van der Waals surface area contributed by atoms with Gasteiger partial charge in [0.1, 0.15) is 11.5 Å². The van der Waals surface area contributed by atoms with Crippen molar-refractivity contribution in [2.75, 3.05) is 13.7 Å². The first-order chi connectivity index (χ1) is 9.02. The molecule has 0 saturated heterocycles. The van der Waals surface area contributed by atoms with E-state index in [2.05, 4.69) is 19.2 Å². The third-order valence-electron chi connectivity index (χ3n) is 2.76. The molecule has 1 unspecified atom stereocenters. The second-order valence-corrected chi connectivity index (χ2v) is 5.00. The Balaban J connectivity index is 2.70. The minimum atomic E-state index is -0.338. The highest BCUT2D eigenvalue weighted by Gasteiger charge is 2.07. The number of hydrogen-bond donors (Lipinski definition) is 2. The lowest BCUT2D eigenvalue weighted by Gasteiger charge is -2.15. The molecule has 2 N–H and O–H groups in total. The highest BCUT2D eigenvalue weighted by molar-refractivity contribution is 5.40. The first-order valence-electron chi connectivity index (χ1n) is 6.74. The molecular weight excluding hydrogens is 242 g/mol. The molecule has 0 radical (unpaired) electrons. The van der Waals surface area contributed by atoms with E-state index in [1.807, 2.05) is 18.2 Å². The van der Waals surface area contributed by atoms with Crippen LogP contribution in [-0.2, 0) is 6.54 Å². The molecule has 0 aliphatic heterocycles. The van der Waals surface area contributed by atoms with E-state index in [9.17, 15) is 5.11 Å². The summed E-state index contributed by atoms with van der Waals surface area (Å²) in [7, 11) is 1.66. The van der Waals surface area contributed by atoms with Crippen LogP contribution in [0.5, 0.6) is 11.5 Å². The van der Waals surface area contributed by atoms with Crippen molar-refractivity contribution >= 4 is 0 Å². The van der Waals surface area contributed by atoms with Gasteiger partial charge in [-0.25, -0.2) is 0 Å². The molecule has 0 fully saturated rings. The van der Waals surface area contributed by atoms with Gasteiger partial charge in [-0.15, -0.1) is 0 Å². The molecule has 1 aromatic carbocycles. The average Bonchev–Trinajstić information content (AvgIpc) is 2.36. The van der Waals surface area contributed by atoms with Crippen LogP contribution in [0.25, 0.3) is 0 Å². The van der Waals surface area contributed by atoms with Crippen LogP contribution in [0.15, 0.2) is 18.2 Å². The Labute approximate surface area is 115 Å². The Morgan fingerprint density at radius 2 is 2.00 bits per heavy atom. The van der Waals surface area contributed by atoms with Crippen LogP contribution in [0.2, 0.25) is 0 Å². The van der Waals surface area contributed by atoms with E-state index in [1.165, 1.54) is 0 Å². The van der Waals surface area contributed by atoms with Crippen molar-refractivity contribution in [1.29, 1.82) is 0 Å². The summed E-state index contributed by atoms with van der Waals surface area (Å²) in [4.78, 5) is 0. The summed E-state index contributed by atoms with van der Waals surface area (Å²) in [6.45, 7) is 7.22. The number of hydrogen-bond acceptors (Lipinski definition) is 4. The fraction of sp³-hybridized carbons (Fsp3) is 0.600. The molecule has 0 aromatic heterocycles. The van der Waals surface area contributed by atoms with Crippen LogP contribution >= 0.6 is 0 Å². The molecule has 108 valence electrons. The number of aliphatic hydroxyl groups is 1. The molecule has 0 spiro atoms. The minimum Gasteiger partial charge on any atom is -0.497 e. The van der Waals surface area contributed by atoms with Gasteiger partial charge in [-0.3, -0.25) is 0 Å². The standard InChI is InChI=1S/C15H25NO3/c1-11(2)16-10-13-9-14(18-4)5-6-15(13)19-8-7-12(3)17/h5-6,9,11-12,16-17H,7-8,10H2,1-4H3. The van der Waals surface area contributed by atoms with E-state index in [4.69, 9.17) is 9.47 Å². The zero-order valence-corrected chi connectivity index (χ0v) is 12.3. The van der Waals surface area contributed by atoms with E-state index in [0.29, 0.717) is 19.1 Å². The summed E-state index contributed by atoms with van der Waals surface area (Å²) < 4.78 is 11.0. The molecule has 0 saturated carbocycles. The van der Waals surface area contributed by atoms with Gasteiger partial charge in [0.05, 0.1) is 19.8 Å². The molecule has 1 rings (SSSR count). The van der Waals surface area contributed by atoms with E-state index in [1.54, 1.807) is 14.0 Å². The summed E-state index contributed by atoms with van der Waals surface area (Å²) >= 11 is 0. The number of ether oxygens (including phenoxy) is 2. The first-order valence-corrected chi connectivity index (χ1v) is 6.74. The smallest absolute Gasteiger partial charge is 0.124 e. The van der Waals surface area contributed by atoms with Gasteiger partial charge in [0.2, 0.25) is 0 Å². The normalized spacial score (nSPS) is 12.5. The van der Waals surface area contributed by atoms with Crippen molar-refractivity contribution in [1.82, 2.24) is 5.32 Å². The molecule has 0 amide bonds. The lowest BCUT2D eigenvalue weighted by atomic mass is 10.1. The van der Waals surface area contributed by atoms with Crippen molar-refractivity contribution in [2.45, 2.75) is 45.9 Å². The SMILES string of the molecule is COc1ccc(OCCC(C)O)c(CNC(C)C)c1. The van der Waals surface area contributed by atoms with Crippen molar-refractivity contribution in [3.05, 3.63) is 23.8 Å². The van der Waals surface area contributed by atoms with Gasteiger partial charge in [0, 0.05) is 24.6 Å². The van der Waals surface area contributed by atoms with Crippen LogP contribution in [0, 0.1) is 0 Å². The predicted octanol–water partition coefficient (Wildman–Crippen LogP) is 2.34. The molecular formula is C15H25NO3. The minimum absolute atomic E-state index is 0.338. The molecule has 0 aliphatic carbocycles. The summed E-state index contributed by atoms with van der Waals surface area (Å²) in [6, 6.07) is 6.19. The molecule has 0 bridgehead atoms. The van der Waals surface area contributed by atoms with Crippen molar-refractivity contribution in [3.63, 3.8) is 0 Å². The number of rotatable bonds is 8. The maximum absolute atomic E-state index is 9.25. The van der Waals surface area contributed by atoms with E-state index in [-0.39, 0.29) is 6.10 Å².